The Hall–Kier alpha value is -3.41. The van der Waals surface area contributed by atoms with E-state index in [2.05, 4.69) is 28.0 Å². The number of benzene rings is 3. The lowest BCUT2D eigenvalue weighted by atomic mass is 9.80. The van der Waals surface area contributed by atoms with E-state index >= 15 is 0 Å². The Morgan fingerprint density at radius 3 is 2.76 bits per heavy atom. The van der Waals surface area contributed by atoms with Gasteiger partial charge < -0.3 is 25.0 Å². The molecule has 0 bridgehead atoms. The molecule has 3 aromatic rings. The van der Waals surface area contributed by atoms with E-state index in [1.165, 1.54) is 6.07 Å². The molecule has 1 amide bonds. The summed E-state index contributed by atoms with van der Waals surface area (Å²) in [6.07, 6.45) is 0.212. The van der Waals surface area contributed by atoms with E-state index in [9.17, 15) is 14.8 Å². The van der Waals surface area contributed by atoms with Crippen LogP contribution in [0.3, 0.4) is 0 Å². The van der Waals surface area contributed by atoms with Crippen LogP contribution in [0.15, 0.2) is 71.7 Å². The van der Waals surface area contributed by atoms with Crippen molar-refractivity contribution in [1.29, 1.82) is 0 Å². The summed E-state index contributed by atoms with van der Waals surface area (Å²) in [6.45, 7) is 2.82. The van der Waals surface area contributed by atoms with Crippen LogP contribution in [0.4, 0.5) is 11.4 Å². The first-order valence-electron chi connectivity index (χ1n) is 12.0. The minimum Gasteiger partial charge on any atom is -0.493 e. The van der Waals surface area contributed by atoms with Crippen molar-refractivity contribution < 1.29 is 19.6 Å². The van der Waals surface area contributed by atoms with Crippen molar-refractivity contribution in [1.82, 2.24) is 10.9 Å². The van der Waals surface area contributed by atoms with Crippen LogP contribution >= 0.6 is 11.6 Å². The number of carbonyl (C=O) groups is 1. The smallest absolute Gasteiger partial charge is 0.488 e. The van der Waals surface area contributed by atoms with E-state index in [1.807, 2.05) is 42.5 Å². The molecule has 190 valence electrons. The van der Waals surface area contributed by atoms with Gasteiger partial charge >= 0.3 is 7.12 Å². The van der Waals surface area contributed by atoms with E-state index in [0.717, 1.165) is 22.5 Å². The number of nitrogens with one attached hydrogen (secondary N) is 3. The van der Waals surface area contributed by atoms with Crippen molar-refractivity contribution in [3.05, 3.63) is 82.9 Å². The fourth-order valence-corrected chi connectivity index (χ4v) is 4.66. The zero-order valence-corrected chi connectivity index (χ0v) is 20.9. The number of fused-ring (bicyclic) bond motifs is 3. The Bertz CT molecular complexity index is 1320. The van der Waals surface area contributed by atoms with Gasteiger partial charge in [0.05, 0.1) is 31.4 Å². The fourth-order valence-electron chi connectivity index (χ4n) is 4.54. The van der Waals surface area contributed by atoms with Gasteiger partial charge in [0, 0.05) is 27.5 Å². The van der Waals surface area contributed by atoms with E-state index in [4.69, 9.17) is 21.3 Å². The fraction of sp³-hybridized carbons (Fsp3) is 0.231. The summed E-state index contributed by atoms with van der Waals surface area (Å²) in [5.74, 6) is 0.387. The minimum atomic E-state index is -1.60. The molecular weight excluding hydrogens is 493 g/mol. The van der Waals surface area contributed by atoms with Crippen LogP contribution in [-0.2, 0) is 4.79 Å². The Kier molecular flexibility index (Phi) is 7.45. The highest BCUT2D eigenvalue weighted by Gasteiger charge is 2.34. The summed E-state index contributed by atoms with van der Waals surface area (Å²) in [5.41, 5.74) is 11.1. The normalized spacial score (nSPS) is 18.4. The second-order valence-electron chi connectivity index (χ2n) is 8.91. The zero-order valence-electron chi connectivity index (χ0n) is 20.2. The number of anilines is 2. The van der Waals surface area contributed by atoms with E-state index < -0.39 is 7.12 Å². The second-order valence-corrected chi connectivity index (χ2v) is 9.35. The standard InChI is InChI=1S/C26H27BClN5O4/c1-16-31-32-24-15-29-26(17-5-7-19(28)8-6-17)22-14-21(9-10-23(22)33(16)24)37-12-11-25(34)30-20-4-2-3-18(13-20)27(35)36/h2-10,13-14,16,24,31-32,35-36H,11-12,15H2,1H3,(H,30,34). The van der Waals surface area contributed by atoms with Gasteiger partial charge in [0.1, 0.15) is 11.9 Å². The lowest BCUT2D eigenvalue weighted by molar-refractivity contribution is -0.116. The van der Waals surface area contributed by atoms with Crippen molar-refractivity contribution in [2.45, 2.75) is 25.7 Å². The molecule has 2 unspecified atom stereocenters. The molecule has 1 saturated heterocycles. The van der Waals surface area contributed by atoms with Crippen LogP contribution in [0.5, 0.6) is 5.75 Å². The third-order valence-electron chi connectivity index (χ3n) is 6.32. The first kappa shape index (κ1) is 25.3. The molecule has 0 spiro atoms. The van der Waals surface area contributed by atoms with Gasteiger partial charge in [-0.05, 0) is 54.9 Å². The largest absolute Gasteiger partial charge is 0.493 e. The number of rotatable bonds is 7. The number of halogens is 1. The highest BCUT2D eigenvalue weighted by Crippen LogP contribution is 2.33. The molecule has 0 saturated carbocycles. The summed E-state index contributed by atoms with van der Waals surface area (Å²) >= 11 is 6.12. The molecule has 0 radical (unpaired) electrons. The van der Waals surface area contributed by atoms with Crippen molar-refractivity contribution in [2.24, 2.45) is 4.99 Å². The van der Waals surface area contributed by atoms with Gasteiger partial charge in [0.2, 0.25) is 5.91 Å². The predicted molar refractivity (Wildman–Crippen MR) is 145 cm³/mol. The average Bonchev–Trinajstić information content (AvgIpc) is 3.16. The highest BCUT2D eigenvalue weighted by atomic mass is 35.5. The van der Waals surface area contributed by atoms with E-state index in [0.29, 0.717) is 28.5 Å². The first-order valence-corrected chi connectivity index (χ1v) is 12.4. The topological polar surface area (TPSA) is 118 Å². The Labute approximate surface area is 220 Å². The molecule has 0 aliphatic carbocycles. The van der Waals surface area contributed by atoms with Gasteiger partial charge in [-0.15, -0.1) is 0 Å². The highest BCUT2D eigenvalue weighted by molar-refractivity contribution is 6.58. The quantitative estimate of drug-likeness (QED) is 0.302. The predicted octanol–water partition coefficient (Wildman–Crippen LogP) is 1.86. The molecule has 5 rings (SSSR count). The van der Waals surface area contributed by atoms with Crippen LogP contribution in [0.1, 0.15) is 24.5 Å². The molecule has 5 N–H and O–H groups in total. The Morgan fingerprint density at radius 2 is 1.97 bits per heavy atom. The molecule has 0 aromatic heterocycles. The molecule has 1 fully saturated rings. The molecule has 37 heavy (non-hydrogen) atoms. The number of amides is 1. The summed E-state index contributed by atoms with van der Waals surface area (Å²) < 4.78 is 5.96. The van der Waals surface area contributed by atoms with Gasteiger partial charge in [0.15, 0.2) is 0 Å². The third-order valence-corrected chi connectivity index (χ3v) is 6.57. The second kappa shape index (κ2) is 10.9. The van der Waals surface area contributed by atoms with Crippen LogP contribution in [0.2, 0.25) is 5.02 Å². The summed E-state index contributed by atoms with van der Waals surface area (Å²) in [6, 6.07) is 19.9. The maximum absolute atomic E-state index is 12.4. The molecule has 2 atom stereocenters. The van der Waals surface area contributed by atoms with Gasteiger partial charge in [-0.1, -0.05) is 35.9 Å². The number of hydrazine groups is 1. The van der Waals surface area contributed by atoms with Crippen LogP contribution in [0, 0.1) is 0 Å². The first-order chi connectivity index (χ1) is 17.9. The molecule has 2 heterocycles. The third kappa shape index (κ3) is 5.63. The Balaban J connectivity index is 1.32. The maximum atomic E-state index is 12.4. The van der Waals surface area contributed by atoms with Crippen molar-refractivity contribution in [3.8, 4) is 5.75 Å². The van der Waals surface area contributed by atoms with Crippen molar-refractivity contribution >= 4 is 47.2 Å². The summed E-state index contributed by atoms with van der Waals surface area (Å²) in [7, 11) is -1.60. The lowest BCUT2D eigenvalue weighted by Crippen LogP contribution is -2.40. The van der Waals surface area contributed by atoms with Crippen molar-refractivity contribution in [2.75, 3.05) is 23.4 Å². The minimum absolute atomic E-state index is 0.0134. The number of nitrogens with zero attached hydrogens (tertiary/aromatic N) is 2. The molecule has 9 nitrogen and oxygen atoms in total. The van der Waals surface area contributed by atoms with Crippen LogP contribution in [-0.4, -0.2) is 54.3 Å². The molecule has 3 aromatic carbocycles. The van der Waals surface area contributed by atoms with Gasteiger partial charge in [0.25, 0.3) is 0 Å². The maximum Gasteiger partial charge on any atom is 0.488 e. The van der Waals surface area contributed by atoms with Gasteiger partial charge in [-0.3, -0.25) is 9.79 Å². The number of hydrogen-bond acceptors (Lipinski definition) is 8. The molecule has 2 aliphatic rings. The number of hydrogen-bond donors (Lipinski definition) is 5. The molecule has 11 heteroatoms. The lowest BCUT2D eigenvalue weighted by Gasteiger charge is -2.28. The number of carbonyl (C=O) groups excluding carboxylic acids is 1. The molecular formula is C26H27BClN5O4. The summed E-state index contributed by atoms with van der Waals surface area (Å²) in [5, 5.41) is 22.1. The van der Waals surface area contributed by atoms with Crippen molar-refractivity contribution in [3.63, 3.8) is 0 Å². The van der Waals surface area contributed by atoms with E-state index in [1.54, 1.807) is 18.2 Å². The SMILES string of the molecule is CC1NNC2CN=C(c3ccc(Cl)cc3)c3cc(OCCC(=O)Nc4cccc(B(O)O)c4)ccc3N12. The van der Waals surface area contributed by atoms with Gasteiger partial charge in [-0.25, -0.2) is 10.9 Å². The average molecular weight is 520 g/mol. The zero-order chi connectivity index (χ0) is 25.9. The van der Waals surface area contributed by atoms with Crippen LogP contribution < -0.4 is 31.3 Å². The van der Waals surface area contributed by atoms with Crippen LogP contribution in [0.25, 0.3) is 0 Å². The summed E-state index contributed by atoms with van der Waals surface area (Å²) in [4.78, 5) is 19.6. The van der Waals surface area contributed by atoms with E-state index in [-0.39, 0.29) is 31.3 Å². The Morgan fingerprint density at radius 1 is 1.16 bits per heavy atom. The molecule has 2 aliphatic heterocycles. The van der Waals surface area contributed by atoms with Gasteiger partial charge in [-0.2, -0.15) is 0 Å². The number of aliphatic imine (C=N–C) groups is 1. The monoisotopic (exact) mass is 519 g/mol. The number of ether oxygens (including phenoxy) is 1.